The maximum atomic E-state index is 12.7. The molecule has 0 radical (unpaired) electrons. The summed E-state index contributed by atoms with van der Waals surface area (Å²) in [5.74, 6) is 1.03. The lowest BCUT2D eigenvalue weighted by molar-refractivity contribution is -0.0875. The van der Waals surface area contributed by atoms with Crippen molar-refractivity contribution in [3.63, 3.8) is 0 Å². The number of imidazole rings is 1. The van der Waals surface area contributed by atoms with Gasteiger partial charge in [-0.3, -0.25) is 4.90 Å². The Morgan fingerprint density at radius 2 is 1.81 bits per heavy atom. The van der Waals surface area contributed by atoms with Gasteiger partial charge in [-0.1, -0.05) is 12.1 Å². The monoisotopic (exact) mass is 357 g/mol. The number of carbonyl (C=O) groups excluding carboxylic acids is 1. The minimum atomic E-state index is -0.486. The highest BCUT2D eigenvalue weighted by molar-refractivity contribution is 5.76. The highest BCUT2D eigenvalue weighted by Crippen LogP contribution is 2.37. The summed E-state index contributed by atoms with van der Waals surface area (Å²) in [6.07, 6.45) is 1.50. The van der Waals surface area contributed by atoms with E-state index < -0.39 is 5.60 Å². The number of aromatic nitrogens is 2. The molecule has 2 aliphatic rings. The average Bonchev–Trinajstić information content (AvgIpc) is 2.87. The van der Waals surface area contributed by atoms with Gasteiger partial charge in [0.15, 0.2) is 0 Å². The molecule has 6 heteroatoms. The van der Waals surface area contributed by atoms with Crippen LogP contribution in [0.15, 0.2) is 24.3 Å². The van der Waals surface area contributed by atoms with Crippen LogP contribution in [0.25, 0.3) is 11.0 Å². The van der Waals surface area contributed by atoms with E-state index in [0.717, 1.165) is 24.2 Å². The number of ether oxygens (including phenoxy) is 2. The van der Waals surface area contributed by atoms with E-state index in [2.05, 4.69) is 29.7 Å². The van der Waals surface area contributed by atoms with E-state index >= 15 is 0 Å². The van der Waals surface area contributed by atoms with Gasteiger partial charge in [-0.25, -0.2) is 9.78 Å². The van der Waals surface area contributed by atoms with Crippen molar-refractivity contribution in [1.82, 2.24) is 14.5 Å². The summed E-state index contributed by atoms with van der Waals surface area (Å²) in [7, 11) is 0. The Hall–Kier alpha value is -2.08. The smallest absolute Gasteiger partial charge is 0.410 e. The van der Waals surface area contributed by atoms with Crippen LogP contribution in [0.4, 0.5) is 4.79 Å². The fraction of sp³-hybridized carbons (Fsp3) is 0.600. The molecule has 3 heterocycles. The van der Waals surface area contributed by atoms with Gasteiger partial charge in [-0.15, -0.1) is 0 Å². The first-order valence-electron chi connectivity index (χ1n) is 9.36. The molecule has 2 bridgehead atoms. The topological polar surface area (TPSA) is 56.6 Å². The Balaban J connectivity index is 1.62. The van der Waals surface area contributed by atoms with Crippen molar-refractivity contribution in [2.45, 2.75) is 64.3 Å². The van der Waals surface area contributed by atoms with Gasteiger partial charge >= 0.3 is 6.09 Å². The summed E-state index contributed by atoms with van der Waals surface area (Å²) < 4.78 is 13.7. The molecule has 1 aromatic carbocycles. The fourth-order valence-corrected chi connectivity index (χ4v) is 4.34. The normalized spacial score (nSPS) is 26.2. The van der Waals surface area contributed by atoms with E-state index in [1.165, 1.54) is 5.52 Å². The molecular weight excluding hydrogens is 330 g/mol. The van der Waals surface area contributed by atoms with Crippen LogP contribution >= 0.6 is 0 Å². The minimum absolute atomic E-state index is 0.0444. The lowest BCUT2D eigenvalue weighted by atomic mass is 9.90. The molecule has 0 aliphatic carbocycles. The number of aryl methyl sites for hydroxylation is 1. The fourth-order valence-electron chi connectivity index (χ4n) is 4.34. The molecule has 2 aromatic rings. The van der Waals surface area contributed by atoms with Crippen LogP contribution in [-0.4, -0.2) is 51.4 Å². The van der Waals surface area contributed by atoms with Crippen LogP contribution in [0.1, 0.15) is 45.5 Å². The zero-order valence-corrected chi connectivity index (χ0v) is 15.9. The highest BCUT2D eigenvalue weighted by atomic mass is 16.6. The Bertz CT molecular complexity index is 809. The Morgan fingerprint density at radius 3 is 2.46 bits per heavy atom. The first kappa shape index (κ1) is 17.3. The standard InChI is InChI=1S/C20H27N3O3/c1-13-21-17-7-5-6-8-18(17)22(13)14-9-15-11-25-12-16(10-14)23(15)19(24)26-20(2,3)4/h5-8,14-16H,9-12H2,1-4H3. The van der Waals surface area contributed by atoms with Gasteiger partial charge in [0.2, 0.25) is 0 Å². The van der Waals surface area contributed by atoms with Crippen molar-refractivity contribution < 1.29 is 14.3 Å². The average molecular weight is 357 g/mol. The summed E-state index contributed by atoms with van der Waals surface area (Å²) in [6.45, 7) is 8.92. The van der Waals surface area contributed by atoms with Crippen LogP contribution in [0.3, 0.4) is 0 Å². The zero-order valence-electron chi connectivity index (χ0n) is 15.9. The number of rotatable bonds is 1. The molecule has 4 rings (SSSR count). The van der Waals surface area contributed by atoms with Crippen molar-refractivity contribution in [3.05, 3.63) is 30.1 Å². The minimum Gasteiger partial charge on any atom is -0.444 e. The molecular formula is C20H27N3O3. The first-order chi connectivity index (χ1) is 12.3. The number of amides is 1. The lowest BCUT2D eigenvalue weighted by Gasteiger charge is -2.48. The number of hydrogen-bond acceptors (Lipinski definition) is 4. The maximum Gasteiger partial charge on any atom is 0.410 e. The number of nitrogens with zero attached hydrogens (tertiary/aromatic N) is 3. The van der Waals surface area contributed by atoms with Crippen molar-refractivity contribution in [1.29, 1.82) is 0 Å². The number of para-hydroxylation sites is 2. The summed E-state index contributed by atoms with van der Waals surface area (Å²) in [5.41, 5.74) is 1.71. The summed E-state index contributed by atoms with van der Waals surface area (Å²) >= 11 is 0. The van der Waals surface area contributed by atoms with E-state index in [4.69, 9.17) is 14.5 Å². The predicted molar refractivity (Wildman–Crippen MR) is 99.2 cm³/mol. The lowest BCUT2D eigenvalue weighted by Crippen LogP contribution is -2.60. The largest absolute Gasteiger partial charge is 0.444 e. The molecule has 6 nitrogen and oxygen atoms in total. The van der Waals surface area contributed by atoms with Gasteiger partial charge in [0.1, 0.15) is 11.4 Å². The third-order valence-electron chi connectivity index (χ3n) is 5.24. The van der Waals surface area contributed by atoms with Crippen molar-refractivity contribution in [2.24, 2.45) is 0 Å². The van der Waals surface area contributed by atoms with E-state index in [1.54, 1.807) is 0 Å². The predicted octanol–water partition coefficient (Wildman–Crippen LogP) is 3.68. The third kappa shape index (κ3) is 3.07. The molecule has 26 heavy (non-hydrogen) atoms. The second kappa shape index (κ2) is 6.27. The highest BCUT2D eigenvalue weighted by Gasteiger charge is 2.44. The molecule has 2 atom stereocenters. The Labute approximate surface area is 154 Å². The van der Waals surface area contributed by atoms with Crippen LogP contribution in [0, 0.1) is 6.92 Å². The van der Waals surface area contributed by atoms with Crippen LogP contribution < -0.4 is 0 Å². The van der Waals surface area contributed by atoms with Gasteiger partial charge in [-0.05, 0) is 52.7 Å². The van der Waals surface area contributed by atoms with Gasteiger partial charge in [0.25, 0.3) is 0 Å². The number of piperidine rings is 1. The number of fused-ring (bicyclic) bond motifs is 3. The van der Waals surface area contributed by atoms with Gasteiger partial charge in [-0.2, -0.15) is 0 Å². The number of morpholine rings is 1. The van der Waals surface area contributed by atoms with Gasteiger partial charge in [0, 0.05) is 6.04 Å². The van der Waals surface area contributed by atoms with E-state index in [9.17, 15) is 4.79 Å². The number of benzene rings is 1. The SMILES string of the molecule is Cc1nc2ccccc2n1C1CC2COCC(C1)N2C(=O)OC(C)(C)C. The quantitative estimate of drug-likeness (QED) is 0.781. The molecule has 1 amide bonds. The molecule has 2 aliphatic heterocycles. The van der Waals surface area contributed by atoms with Crippen molar-refractivity contribution in [3.8, 4) is 0 Å². The van der Waals surface area contributed by atoms with E-state index in [-0.39, 0.29) is 18.2 Å². The molecule has 0 N–H and O–H groups in total. The molecule has 2 saturated heterocycles. The summed E-state index contributed by atoms with van der Waals surface area (Å²) in [5, 5.41) is 0. The molecule has 2 unspecified atom stereocenters. The second-order valence-corrected chi connectivity index (χ2v) is 8.38. The van der Waals surface area contributed by atoms with Crippen LogP contribution in [-0.2, 0) is 9.47 Å². The molecule has 2 fully saturated rings. The summed E-state index contributed by atoms with van der Waals surface area (Å²) in [4.78, 5) is 19.4. The van der Waals surface area contributed by atoms with Crippen molar-refractivity contribution in [2.75, 3.05) is 13.2 Å². The zero-order chi connectivity index (χ0) is 18.5. The van der Waals surface area contributed by atoms with Crippen LogP contribution in [0.5, 0.6) is 0 Å². The maximum absolute atomic E-state index is 12.7. The van der Waals surface area contributed by atoms with Crippen LogP contribution in [0.2, 0.25) is 0 Å². The Morgan fingerprint density at radius 1 is 1.15 bits per heavy atom. The van der Waals surface area contributed by atoms with Crippen molar-refractivity contribution >= 4 is 17.1 Å². The van der Waals surface area contributed by atoms with E-state index in [1.807, 2.05) is 31.7 Å². The van der Waals surface area contributed by atoms with E-state index in [0.29, 0.717) is 19.3 Å². The Kier molecular flexibility index (Phi) is 4.18. The molecule has 0 saturated carbocycles. The third-order valence-corrected chi connectivity index (χ3v) is 5.24. The van der Waals surface area contributed by atoms with Gasteiger partial charge in [0.05, 0.1) is 36.3 Å². The molecule has 140 valence electrons. The molecule has 1 aromatic heterocycles. The number of hydrogen-bond donors (Lipinski definition) is 0. The van der Waals surface area contributed by atoms with Gasteiger partial charge < -0.3 is 14.0 Å². The second-order valence-electron chi connectivity index (χ2n) is 8.38. The summed E-state index contributed by atoms with van der Waals surface area (Å²) in [6, 6.07) is 8.67. The number of carbonyl (C=O) groups is 1. The molecule has 0 spiro atoms. The first-order valence-corrected chi connectivity index (χ1v) is 9.36.